The summed E-state index contributed by atoms with van der Waals surface area (Å²) in [5.41, 5.74) is 5.06. The molecule has 4 N–H and O–H groups in total. The van der Waals surface area contributed by atoms with E-state index in [9.17, 15) is 31.6 Å². The Labute approximate surface area is 199 Å². The third-order valence-corrected chi connectivity index (χ3v) is 5.97. The largest absolute Gasteiger partial charge is 0.416 e. The minimum atomic E-state index is -4.55. The number of nitrogens with two attached hydrogens (primary N) is 1. The van der Waals surface area contributed by atoms with E-state index in [0.717, 1.165) is 30.2 Å². The van der Waals surface area contributed by atoms with Crippen LogP contribution in [0.5, 0.6) is 0 Å². The van der Waals surface area contributed by atoms with Gasteiger partial charge in [-0.2, -0.15) is 23.4 Å². The number of hydrogen-bond acceptors (Lipinski definition) is 9. The lowest BCUT2D eigenvalue weighted by Gasteiger charge is -2.20. The van der Waals surface area contributed by atoms with Crippen LogP contribution in [0.15, 0.2) is 29.3 Å². The van der Waals surface area contributed by atoms with Crippen LogP contribution in [0, 0.1) is 11.3 Å². The summed E-state index contributed by atoms with van der Waals surface area (Å²) in [6.45, 7) is 0.0426. The van der Waals surface area contributed by atoms with Gasteiger partial charge in [-0.15, -0.1) is 11.8 Å². The SMILES string of the molecule is CSc1nc(N)nc(N[C@@H](CCCNS(C)(=O)=O)C(=O)Cc2cccc(C(F)(F)F)c2)c1C#N. The number of nitrogens with zero attached hydrogens (tertiary/aromatic N) is 3. The maximum Gasteiger partial charge on any atom is 0.416 e. The molecule has 1 aromatic carbocycles. The van der Waals surface area contributed by atoms with Crippen molar-refractivity contribution < 1.29 is 26.4 Å². The number of carbonyl (C=O) groups excluding carboxylic acids is 1. The zero-order chi connectivity index (χ0) is 25.5. The van der Waals surface area contributed by atoms with Crippen molar-refractivity contribution in [3.05, 3.63) is 41.0 Å². The minimum absolute atomic E-state index is 0.0119. The van der Waals surface area contributed by atoms with E-state index >= 15 is 0 Å². The molecular formula is C20H23F3N6O3S2. The molecule has 0 saturated heterocycles. The van der Waals surface area contributed by atoms with Gasteiger partial charge in [0.1, 0.15) is 16.7 Å². The van der Waals surface area contributed by atoms with Gasteiger partial charge in [-0.25, -0.2) is 18.1 Å². The van der Waals surface area contributed by atoms with Crippen LogP contribution in [0.25, 0.3) is 0 Å². The summed E-state index contributed by atoms with van der Waals surface area (Å²) < 4.78 is 64.0. The van der Waals surface area contributed by atoms with Crippen molar-refractivity contribution >= 4 is 39.3 Å². The maximum atomic E-state index is 13.1. The third-order valence-electron chi connectivity index (χ3n) is 4.56. The number of nitriles is 1. The second kappa shape index (κ2) is 11.5. The van der Waals surface area contributed by atoms with Crippen LogP contribution >= 0.6 is 11.8 Å². The lowest BCUT2D eigenvalue weighted by atomic mass is 9.98. The number of sulfonamides is 1. The van der Waals surface area contributed by atoms with Crippen LogP contribution in [-0.2, 0) is 27.4 Å². The number of anilines is 2. The van der Waals surface area contributed by atoms with E-state index in [1.807, 2.05) is 6.07 Å². The number of hydrogen-bond donors (Lipinski definition) is 3. The first-order valence-corrected chi connectivity index (χ1v) is 13.0. The Bertz CT molecular complexity index is 1180. The standard InChI is InChI=1S/C20H23F3N6O3S2/c1-33-18-14(11-24)17(28-19(25)29-18)27-15(7-4-8-26-34(2,31)32)16(30)10-12-5-3-6-13(9-12)20(21,22)23/h3,5-6,9,15,26H,4,7-8,10H2,1-2H3,(H3,25,27,28,29)/t15-/m0/s1. The smallest absolute Gasteiger partial charge is 0.368 e. The number of thioether (sulfide) groups is 1. The first-order valence-electron chi connectivity index (χ1n) is 9.85. The summed E-state index contributed by atoms with van der Waals surface area (Å²) in [7, 11) is -3.44. The van der Waals surface area contributed by atoms with Crippen molar-refractivity contribution in [1.29, 1.82) is 5.26 Å². The van der Waals surface area contributed by atoms with Crippen LogP contribution in [0.4, 0.5) is 24.9 Å². The Kier molecular flexibility index (Phi) is 9.25. The number of nitrogen functional groups attached to an aromatic ring is 1. The Morgan fingerprint density at radius 1 is 1.32 bits per heavy atom. The molecule has 14 heteroatoms. The number of ketones is 1. The van der Waals surface area contributed by atoms with Gasteiger partial charge >= 0.3 is 6.18 Å². The van der Waals surface area contributed by atoms with Gasteiger partial charge < -0.3 is 11.1 Å². The fourth-order valence-corrected chi connectivity index (χ4v) is 4.08. The van der Waals surface area contributed by atoms with E-state index in [0.29, 0.717) is 5.03 Å². The molecule has 0 unspecified atom stereocenters. The second-order valence-electron chi connectivity index (χ2n) is 7.27. The highest BCUT2D eigenvalue weighted by molar-refractivity contribution is 7.98. The number of benzene rings is 1. The molecule has 0 aliphatic rings. The summed E-state index contributed by atoms with van der Waals surface area (Å²) in [5, 5.41) is 12.7. The lowest BCUT2D eigenvalue weighted by Crippen LogP contribution is -2.33. The zero-order valence-electron chi connectivity index (χ0n) is 18.3. The van der Waals surface area contributed by atoms with E-state index in [-0.39, 0.29) is 48.7 Å². The van der Waals surface area contributed by atoms with E-state index < -0.39 is 33.6 Å². The van der Waals surface area contributed by atoms with Crippen LogP contribution in [0.3, 0.4) is 0 Å². The maximum absolute atomic E-state index is 13.1. The molecule has 0 amide bonds. The lowest BCUT2D eigenvalue weighted by molar-refractivity contribution is -0.137. The predicted octanol–water partition coefficient (Wildman–Crippen LogP) is 2.59. The topological polar surface area (TPSA) is 151 Å². The molecule has 0 radical (unpaired) electrons. The van der Waals surface area contributed by atoms with Crippen molar-refractivity contribution in [2.45, 2.75) is 36.5 Å². The molecule has 1 aromatic heterocycles. The van der Waals surface area contributed by atoms with Gasteiger partial charge in [0.05, 0.1) is 17.9 Å². The number of aromatic nitrogens is 2. The van der Waals surface area contributed by atoms with Gasteiger partial charge in [0.2, 0.25) is 16.0 Å². The Balaban J connectivity index is 2.30. The molecule has 0 fully saturated rings. The summed E-state index contributed by atoms with van der Waals surface area (Å²) >= 11 is 1.15. The predicted molar refractivity (Wildman–Crippen MR) is 123 cm³/mol. The van der Waals surface area contributed by atoms with Gasteiger partial charge in [-0.3, -0.25) is 4.79 Å². The highest BCUT2D eigenvalue weighted by Crippen LogP contribution is 2.30. The zero-order valence-corrected chi connectivity index (χ0v) is 19.9. The second-order valence-corrected chi connectivity index (χ2v) is 9.90. The Morgan fingerprint density at radius 3 is 2.62 bits per heavy atom. The minimum Gasteiger partial charge on any atom is -0.368 e. The summed E-state index contributed by atoms with van der Waals surface area (Å²) in [4.78, 5) is 21.0. The normalized spacial score (nSPS) is 12.7. The number of alkyl halides is 3. The quantitative estimate of drug-likeness (QED) is 0.232. The van der Waals surface area contributed by atoms with Gasteiger partial charge in [0.15, 0.2) is 11.6 Å². The van der Waals surface area contributed by atoms with Gasteiger partial charge in [-0.05, 0) is 30.7 Å². The van der Waals surface area contributed by atoms with Gasteiger partial charge in [0, 0.05) is 13.0 Å². The molecule has 34 heavy (non-hydrogen) atoms. The fourth-order valence-electron chi connectivity index (χ4n) is 3.03. The third kappa shape index (κ3) is 8.15. The number of Topliss-reactive ketones (excluding diaryl/α,β-unsaturated/α-hetero) is 1. The molecule has 0 saturated carbocycles. The number of carbonyl (C=O) groups is 1. The van der Waals surface area contributed by atoms with Crippen molar-refractivity contribution in [3.63, 3.8) is 0 Å². The first-order chi connectivity index (χ1) is 15.8. The Morgan fingerprint density at radius 2 is 2.03 bits per heavy atom. The molecule has 9 nitrogen and oxygen atoms in total. The van der Waals surface area contributed by atoms with Crippen LogP contribution in [0.1, 0.15) is 29.5 Å². The molecule has 2 aromatic rings. The molecule has 1 heterocycles. The van der Waals surface area contributed by atoms with E-state index in [1.54, 1.807) is 6.26 Å². The molecule has 0 aliphatic carbocycles. The number of rotatable bonds is 11. The van der Waals surface area contributed by atoms with Crippen molar-refractivity contribution in [3.8, 4) is 6.07 Å². The highest BCUT2D eigenvalue weighted by atomic mass is 32.2. The molecular weight excluding hydrogens is 493 g/mol. The molecule has 0 bridgehead atoms. The molecule has 0 aliphatic heterocycles. The summed E-state index contributed by atoms with van der Waals surface area (Å²) in [5.74, 6) is -0.586. The number of halogens is 3. The average Bonchev–Trinajstić information content (AvgIpc) is 2.74. The molecule has 2 rings (SSSR count). The van der Waals surface area contributed by atoms with Gasteiger partial charge in [0.25, 0.3) is 0 Å². The van der Waals surface area contributed by atoms with Crippen LogP contribution < -0.4 is 15.8 Å². The van der Waals surface area contributed by atoms with E-state index in [2.05, 4.69) is 20.0 Å². The Hall–Kier alpha value is -2.89. The molecule has 184 valence electrons. The van der Waals surface area contributed by atoms with Crippen molar-refractivity contribution in [2.24, 2.45) is 0 Å². The van der Waals surface area contributed by atoms with Gasteiger partial charge in [-0.1, -0.05) is 18.2 Å². The molecule has 1 atom stereocenters. The van der Waals surface area contributed by atoms with Crippen LogP contribution in [0.2, 0.25) is 0 Å². The van der Waals surface area contributed by atoms with Crippen molar-refractivity contribution in [2.75, 3.05) is 30.1 Å². The van der Waals surface area contributed by atoms with Crippen molar-refractivity contribution in [1.82, 2.24) is 14.7 Å². The first kappa shape index (κ1) is 27.4. The summed E-state index contributed by atoms with van der Waals surface area (Å²) in [6, 6.07) is 5.41. The highest BCUT2D eigenvalue weighted by Gasteiger charge is 2.31. The average molecular weight is 517 g/mol. The number of nitrogens with one attached hydrogen (secondary N) is 2. The molecule has 0 spiro atoms. The van der Waals surface area contributed by atoms with E-state index in [1.165, 1.54) is 12.1 Å². The summed E-state index contributed by atoms with van der Waals surface area (Å²) in [6.07, 6.45) is -1.85. The fraction of sp³-hybridized carbons (Fsp3) is 0.400. The van der Waals surface area contributed by atoms with Crippen LogP contribution in [-0.4, -0.2) is 49.3 Å². The monoisotopic (exact) mass is 516 g/mol. The van der Waals surface area contributed by atoms with E-state index in [4.69, 9.17) is 5.73 Å².